The first kappa shape index (κ1) is 10.5. The summed E-state index contributed by atoms with van der Waals surface area (Å²) in [5.41, 5.74) is 0.279. The van der Waals surface area contributed by atoms with Gasteiger partial charge in [-0.1, -0.05) is 17.7 Å². The summed E-state index contributed by atoms with van der Waals surface area (Å²) in [6.45, 7) is 0. The summed E-state index contributed by atoms with van der Waals surface area (Å²) >= 11 is 5.82. The zero-order valence-electron chi connectivity index (χ0n) is 8.03. The summed E-state index contributed by atoms with van der Waals surface area (Å²) in [6.07, 6.45) is 0.977. The van der Waals surface area contributed by atoms with Crippen molar-refractivity contribution in [2.45, 2.75) is 24.9 Å². The van der Waals surface area contributed by atoms with Crippen molar-refractivity contribution < 1.29 is 15.0 Å². The number of hydrogen-bond donors (Lipinski definition) is 2. The smallest absolute Gasteiger partial charge is 0.336 e. The maximum absolute atomic E-state index is 10.9. The van der Waals surface area contributed by atoms with Crippen LogP contribution in [0.2, 0.25) is 5.02 Å². The van der Waals surface area contributed by atoms with Crippen LogP contribution in [0.25, 0.3) is 0 Å². The van der Waals surface area contributed by atoms with Crippen LogP contribution in [0.5, 0.6) is 0 Å². The lowest BCUT2D eigenvalue weighted by atomic mass is 9.80. The summed E-state index contributed by atoms with van der Waals surface area (Å²) in [5, 5.41) is 19.3. The average molecular weight is 227 g/mol. The van der Waals surface area contributed by atoms with Crippen molar-refractivity contribution in [1.82, 2.24) is 0 Å². The maximum Gasteiger partial charge on any atom is 0.336 e. The van der Waals surface area contributed by atoms with Gasteiger partial charge in [0.25, 0.3) is 0 Å². The van der Waals surface area contributed by atoms with Crippen LogP contribution in [0.4, 0.5) is 0 Å². The van der Waals surface area contributed by atoms with Gasteiger partial charge in [0.15, 0.2) is 5.60 Å². The van der Waals surface area contributed by atoms with E-state index in [0.717, 1.165) is 11.1 Å². The normalized spacial score (nSPS) is 24.7. The highest BCUT2D eigenvalue weighted by atomic mass is 35.5. The van der Waals surface area contributed by atoms with E-state index in [1.807, 2.05) is 6.07 Å². The number of carboxylic acid groups (broad SMARTS) is 1. The standard InChI is InChI=1S/C11H11ClO3/c12-9-2-1-7-3-4-11(15,10(13)14)6-8(7)5-9/h1-2,5,15H,3-4,6H2,(H,13,14). The quantitative estimate of drug-likeness (QED) is 0.766. The molecule has 15 heavy (non-hydrogen) atoms. The van der Waals surface area contributed by atoms with Crippen molar-refractivity contribution >= 4 is 17.6 Å². The summed E-state index contributed by atoms with van der Waals surface area (Å²) in [4.78, 5) is 10.9. The minimum absolute atomic E-state index is 0.137. The van der Waals surface area contributed by atoms with E-state index >= 15 is 0 Å². The van der Waals surface area contributed by atoms with Crippen LogP contribution in [0.15, 0.2) is 18.2 Å². The number of carboxylic acids is 1. The van der Waals surface area contributed by atoms with Gasteiger partial charge in [0.2, 0.25) is 0 Å². The molecule has 0 bridgehead atoms. The molecule has 0 heterocycles. The molecule has 0 spiro atoms. The number of hydrogen-bond acceptors (Lipinski definition) is 2. The lowest BCUT2D eigenvalue weighted by Crippen LogP contribution is -2.43. The molecule has 0 aliphatic heterocycles. The molecule has 4 heteroatoms. The van der Waals surface area contributed by atoms with E-state index in [-0.39, 0.29) is 12.8 Å². The fourth-order valence-corrected chi connectivity index (χ4v) is 2.13. The Kier molecular flexibility index (Phi) is 2.44. The van der Waals surface area contributed by atoms with E-state index in [4.69, 9.17) is 16.7 Å². The Hall–Kier alpha value is -1.06. The molecule has 0 radical (unpaired) electrons. The molecule has 1 aromatic carbocycles. The van der Waals surface area contributed by atoms with Gasteiger partial charge in [-0.2, -0.15) is 0 Å². The Morgan fingerprint density at radius 1 is 1.40 bits per heavy atom. The SMILES string of the molecule is O=C(O)C1(O)CCc2ccc(Cl)cc2C1. The van der Waals surface area contributed by atoms with Gasteiger partial charge in [-0.05, 0) is 36.1 Å². The summed E-state index contributed by atoms with van der Waals surface area (Å²) in [7, 11) is 0. The maximum atomic E-state index is 10.9. The summed E-state index contributed by atoms with van der Waals surface area (Å²) < 4.78 is 0. The molecule has 3 nitrogen and oxygen atoms in total. The Labute approximate surface area is 92.3 Å². The molecule has 1 unspecified atom stereocenters. The van der Waals surface area contributed by atoms with Gasteiger partial charge >= 0.3 is 5.97 Å². The van der Waals surface area contributed by atoms with Crippen molar-refractivity contribution in [1.29, 1.82) is 0 Å². The van der Waals surface area contributed by atoms with Crippen LogP contribution in [0, 0.1) is 0 Å². The highest BCUT2D eigenvalue weighted by Crippen LogP contribution is 2.30. The van der Waals surface area contributed by atoms with Gasteiger partial charge in [0, 0.05) is 11.4 Å². The molecular formula is C11H11ClO3. The fraction of sp³-hybridized carbons (Fsp3) is 0.364. The number of aliphatic hydroxyl groups is 1. The first-order valence-electron chi connectivity index (χ1n) is 4.74. The van der Waals surface area contributed by atoms with Gasteiger partial charge < -0.3 is 10.2 Å². The van der Waals surface area contributed by atoms with Gasteiger partial charge in [-0.25, -0.2) is 4.79 Å². The highest BCUT2D eigenvalue weighted by molar-refractivity contribution is 6.30. The van der Waals surface area contributed by atoms with Crippen molar-refractivity contribution in [3.8, 4) is 0 Å². The molecule has 0 amide bonds. The van der Waals surface area contributed by atoms with Crippen LogP contribution >= 0.6 is 11.6 Å². The van der Waals surface area contributed by atoms with E-state index in [2.05, 4.69) is 0 Å². The third-order valence-electron chi connectivity index (χ3n) is 2.86. The van der Waals surface area contributed by atoms with Gasteiger partial charge in [-0.15, -0.1) is 0 Å². The predicted molar refractivity (Wildman–Crippen MR) is 56.1 cm³/mol. The largest absolute Gasteiger partial charge is 0.479 e. The van der Waals surface area contributed by atoms with Crippen LogP contribution in [-0.2, 0) is 17.6 Å². The zero-order valence-corrected chi connectivity index (χ0v) is 8.79. The minimum atomic E-state index is -1.63. The second-order valence-electron chi connectivity index (χ2n) is 3.93. The molecule has 1 atom stereocenters. The minimum Gasteiger partial charge on any atom is -0.479 e. The van der Waals surface area contributed by atoms with Crippen molar-refractivity contribution in [2.24, 2.45) is 0 Å². The lowest BCUT2D eigenvalue weighted by Gasteiger charge is -2.29. The molecule has 2 N–H and O–H groups in total. The van der Waals surface area contributed by atoms with Crippen LogP contribution in [0.1, 0.15) is 17.5 Å². The molecule has 1 aliphatic rings. The number of benzene rings is 1. The Morgan fingerprint density at radius 2 is 2.13 bits per heavy atom. The van der Waals surface area contributed by atoms with E-state index in [1.54, 1.807) is 12.1 Å². The summed E-state index contributed by atoms with van der Waals surface area (Å²) in [6, 6.07) is 5.40. The van der Waals surface area contributed by atoms with Crippen molar-refractivity contribution in [3.05, 3.63) is 34.3 Å². The zero-order chi connectivity index (χ0) is 11.1. The number of fused-ring (bicyclic) bond motifs is 1. The number of aliphatic carboxylic acids is 1. The van der Waals surface area contributed by atoms with E-state index in [9.17, 15) is 9.90 Å². The van der Waals surface area contributed by atoms with Gasteiger partial charge in [0.1, 0.15) is 0 Å². The van der Waals surface area contributed by atoms with Crippen molar-refractivity contribution in [3.63, 3.8) is 0 Å². The lowest BCUT2D eigenvalue weighted by molar-refractivity contribution is -0.159. The van der Waals surface area contributed by atoms with E-state index < -0.39 is 11.6 Å². The Bertz CT molecular complexity index is 416. The molecule has 2 rings (SSSR count). The third-order valence-corrected chi connectivity index (χ3v) is 3.09. The monoisotopic (exact) mass is 226 g/mol. The molecular weight excluding hydrogens is 216 g/mol. The van der Waals surface area contributed by atoms with Crippen LogP contribution in [-0.4, -0.2) is 21.8 Å². The fourth-order valence-electron chi connectivity index (χ4n) is 1.93. The van der Waals surface area contributed by atoms with E-state index in [1.165, 1.54) is 0 Å². The number of carbonyl (C=O) groups is 1. The Morgan fingerprint density at radius 3 is 2.80 bits per heavy atom. The number of halogens is 1. The topological polar surface area (TPSA) is 57.5 Å². The third kappa shape index (κ3) is 1.85. The average Bonchev–Trinajstić information content (AvgIpc) is 2.16. The number of aryl methyl sites for hydroxylation is 1. The molecule has 0 saturated carbocycles. The van der Waals surface area contributed by atoms with Crippen molar-refractivity contribution in [2.75, 3.05) is 0 Å². The second kappa shape index (κ2) is 3.51. The van der Waals surface area contributed by atoms with Crippen LogP contribution < -0.4 is 0 Å². The first-order chi connectivity index (χ1) is 7.01. The predicted octanol–water partition coefficient (Wildman–Crippen LogP) is 1.64. The first-order valence-corrected chi connectivity index (χ1v) is 5.12. The van der Waals surface area contributed by atoms with E-state index in [0.29, 0.717) is 11.4 Å². The molecule has 1 aromatic rings. The molecule has 0 aromatic heterocycles. The Balaban J connectivity index is 2.37. The second-order valence-corrected chi connectivity index (χ2v) is 4.36. The molecule has 0 saturated heterocycles. The molecule has 80 valence electrons. The number of rotatable bonds is 1. The van der Waals surface area contributed by atoms with Gasteiger partial charge in [0.05, 0.1) is 0 Å². The summed E-state index contributed by atoms with van der Waals surface area (Å²) in [5.74, 6) is -1.16. The highest BCUT2D eigenvalue weighted by Gasteiger charge is 2.39. The van der Waals surface area contributed by atoms with Gasteiger partial charge in [-0.3, -0.25) is 0 Å². The molecule has 1 aliphatic carbocycles. The molecule has 0 fully saturated rings. The van der Waals surface area contributed by atoms with Crippen LogP contribution in [0.3, 0.4) is 0 Å².